The SMILES string of the molecule is C=CC(=O)Nc1cccc(-c2nc(C)ncc2Br)c1. The highest BCUT2D eigenvalue weighted by atomic mass is 79.9. The van der Waals surface area contributed by atoms with Crippen LogP contribution in [0.15, 0.2) is 47.6 Å². The Kier molecular flexibility index (Phi) is 4.06. The van der Waals surface area contributed by atoms with Gasteiger partial charge in [-0.1, -0.05) is 18.7 Å². The second-order valence-electron chi connectivity index (χ2n) is 3.89. The average molecular weight is 318 g/mol. The topological polar surface area (TPSA) is 54.9 Å². The van der Waals surface area contributed by atoms with Crippen LogP contribution in [-0.2, 0) is 4.79 Å². The smallest absolute Gasteiger partial charge is 0.247 e. The first-order chi connectivity index (χ1) is 9.10. The number of carbonyl (C=O) groups is 1. The van der Waals surface area contributed by atoms with Crippen molar-refractivity contribution < 1.29 is 4.79 Å². The van der Waals surface area contributed by atoms with E-state index in [1.807, 2.05) is 31.2 Å². The number of aromatic nitrogens is 2. The largest absolute Gasteiger partial charge is 0.323 e. The van der Waals surface area contributed by atoms with E-state index in [0.29, 0.717) is 11.5 Å². The summed E-state index contributed by atoms with van der Waals surface area (Å²) in [5.74, 6) is 0.453. The number of nitrogens with zero attached hydrogens (tertiary/aromatic N) is 2. The van der Waals surface area contributed by atoms with Crippen molar-refractivity contribution in [2.75, 3.05) is 5.32 Å². The molecule has 0 atom stereocenters. The zero-order valence-corrected chi connectivity index (χ0v) is 11.9. The maximum atomic E-state index is 11.3. The van der Waals surface area contributed by atoms with E-state index in [-0.39, 0.29) is 5.91 Å². The minimum atomic E-state index is -0.241. The fraction of sp³-hybridized carbons (Fsp3) is 0.0714. The fourth-order valence-corrected chi connectivity index (χ4v) is 2.02. The summed E-state index contributed by atoms with van der Waals surface area (Å²) in [5, 5.41) is 2.72. The number of benzene rings is 1. The molecule has 1 heterocycles. The zero-order valence-electron chi connectivity index (χ0n) is 10.4. The molecule has 0 unspecified atom stereocenters. The molecule has 0 saturated carbocycles. The summed E-state index contributed by atoms with van der Waals surface area (Å²) in [4.78, 5) is 19.8. The molecule has 1 N–H and O–H groups in total. The molecule has 0 spiro atoms. The van der Waals surface area contributed by atoms with Gasteiger partial charge < -0.3 is 5.32 Å². The lowest BCUT2D eigenvalue weighted by Crippen LogP contribution is -2.07. The minimum Gasteiger partial charge on any atom is -0.323 e. The first-order valence-electron chi connectivity index (χ1n) is 5.63. The highest BCUT2D eigenvalue weighted by Gasteiger charge is 2.07. The van der Waals surface area contributed by atoms with Gasteiger partial charge in [-0.15, -0.1) is 0 Å². The number of anilines is 1. The minimum absolute atomic E-state index is 0.241. The van der Waals surface area contributed by atoms with Gasteiger partial charge in [-0.3, -0.25) is 4.79 Å². The van der Waals surface area contributed by atoms with Crippen LogP contribution in [0.3, 0.4) is 0 Å². The van der Waals surface area contributed by atoms with Crippen LogP contribution in [0, 0.1) is 6.92 Å². The Labute approximate surface area is 119 Å². The summed E-state index contributed by atoms with van der Waals surface area (Å²) in [5.41, 5.74) is 2.40. The number of hydrogen-bond acceptors (Lipinski definition) is 3. The Morgan fingerprint density at radius 2 is 2.26 bits per heavy atom. The number of aryl methyl sites for hydroxylation is 1. The highest BCUT2D eigenvalue weighted by molar-refractivity contribution is 9.10. The van der Waals surface area contributed by atoms with E-state index in [2.05, 4.69) is 37.8 Å². The van der Waals surface area contributed by atoms with Crippen molar-refractivity contribution in [2.24, 2.45) is 0 Å². The molecule has 0 aliphatic carbocycles. The van der Waals surface area contributed by atoms with Gasteiger partial charge in [-0.2, -0.15) is 0 Å². The number of rotatable bonds is 3. The maximum Gasteiger partial charge on any atom is 0.247 e. The molecule has 1 aromatic carbocycles. The van der Waals surface area contributed by atoms with Gasteiger partial charge in [0, 0.05) is 17.4 Å². The lowest BCUT2D eigenvalue weighted by Gasteiger charge is -2.07. The summed E-state index contributed by atoms with van der Waals surface area (Å²) in [7, 11) is 0. The summed E-state index contributed by atoms with van der Waals surface area (Å²) < 4.78 is 0.810. The molecule has 4 nitrogen and oxygen atoms in total. The average Bonchev–Trinajstić information content (AvgIpc) is 2.41. The number of nitrogens with one attached hydrogen (secondary N) is 1. The maximum absolute atomic E-state index is 11.3. The molecule has 0 aliphatic heterocycles. The van der Waals surface area contributed by atoms with Crippen LogP contribution < -0.4 is 5.32 Å². The Morgan fingerprint density at radius 3 is 3.00 bits per heavy atom. The van der Waals surface area contributed by atoms with Crippen molar-refractivity contribution in [1.29, 1.82) is 0 Å². The molecule has 0 bridgehead atoms. The van der Waals surface area contributed by atoms with Gasteiger partial charge >= 0.3 is 0 Å². The van der Waals surface area contributed by atoms with Crippen LogP contribution in [0.5, 0.6) is 0 Å². The Morgan fingerprint density at radius 1 is 1.47 bits per heavy atom. The van der Waals surface area contributed by atoms with Crippen LogP contribution >= 0.6 is 15.9 Å². The Hall–Kier alpha value is -2.01. The lowest BCUT2D eigenvalue weighted by molar-refractivity contribution is -0.111. The molecule has 96 valence electrons. The van der Waals surface area contributed by atoms with Gasteiger partial charge in [0.15, 0.2) is 0 Å². The number of hydrogen-bond donors (Lipinski definition) is 1. The third-order valence-corrected chi connectivity index (χ3v) is 3.03. The van der Waals surface area contributed by atoms with E-state index >= 15 is 0 Å². The van der Waals surface area contributed by atoms with Crippen LogP contribution in [0.4, 0.5) is 5.69 Å². The van der Waals surface area contributed by atoms with Gasteiger partial charge in [0.25, 0.3) is 0 Å². The van der Waals surface area contributed by atoms with Gasteiger partial charge in [-0.25, -0.2) is 9.97 Å². The molecule has 2 rings (SSSR count). The van der Waals surface area contributed by atoms with Gasteiger partial charge in [0.2, 0.25) is 5.91 Å². The molecule has 0 radical (unpaired) electrons. The van der Waals surface area contributed by atoms with Gasteiger partial charge in [-0.05, 0) is 41.1 Å². The van der Waals surface area contributed by atoms with E-state index in [0.717, 1.165) is 15.7 Å². The van der Waals surface area contributed by atoms with Gasteiger partial charge in [0.05, 0.1) is 10.2 Å². The lowest BCUT2D eigenvalue weighted by atomic mass is 10.1. The second-order valence-corrected chi connectivity index (χ2v) is 4.74. The predicted molar refractivity (Wildman–Crippen MR) is 78.7 cm³/mol. The van der Waals surface area contributed by atoms with Crippen molar-refractivity contribution in [3.63, 3.8) is 0 Å². The van der Waals surface area contributed by atoms with Crippen LogP contribution in [0.25, 0.3) is 11.3 Å². The van der Waals surface area contributed by atoms with Crippen molar-refractivity contribution in [2.45, 2.75) is 6.92 Å². The van der Waals surface area contributed by atoms with E-state index < -0.39 is 0 Å². The van der Waals surface area contributed by atoms with Crippen molar-refractivity contribution in [3.05, 3.63) is 53.4 Å². The van der Waals surface area contributed by atoms with Crippen LogP contribution in [0.2, 0.25) is 0 Å². The number of amides is 1. The molecule has 5 heteroatoms. The number of halogens is 1. The molecule has 19 heavy (non-hydrogen) atoms. The molecular formula is C14H12BrN3O. The molecule has 1 amide bonds. The van der Waals surface area contributed by atoms with Crippen molar-refractivity contribution in [3.8, 4) is 11.3 Å². The molecule has 2 aromatic rings. The molecule has 1 aromatic heterocycles. The molecule has 0 fully saturated rings. The third-order valence-electron chi connectivity index (χ3n) is 2.45. The fourth-order valence-electron chi connectivity index (χ4n) is 1.60. The van der Waals surface area contributed by atoms with Crippen molar-refractivity contribution >= 4 is 27.5 Å². The molecule has 0 saturated heterocycles. The summed E-state index contributed by atoms with van der Waals surface area (Å²) in [6, 6.07) is 7.45. The first-order valence-corrected chi connectivity index (χ1v) is 6.42. The monoisotopic (exact) mass is 317 g/mol. The van der Waals surface area contributed by atoms with E-state index in [1.54, 1.807) is 6.20 Å². The zero-order chi connectivity index (χ0) is 13.8. The Bertz CT molecular complexity index is 640. The second kappa shape index (κ2) is 5.75. The van der Waals surface area contributed by atoms with Crippen LogP contribution in [0.1, 0.15) is 5.82 Å². The van der Waals surface area contributed by atoms with Crippen LogP contribution in [-0.4, -0.2) is 15.9 Å². The predicted octanol–water partition coefficient (Wildman–Crippen LogP) is 3.34. The molecule has 0 aliphatic rings. The van der Waals surface area contributed by atoms with Crippen molar-refractivity contribution in [1.82, 2.24) is 9.97 Å². The van der Waals surface area contributed by atoms with E-state index in [1.165, 1.54) is 6.08 Å². The Balaban J connectivity index is 2.40. The standard InChI is InChI=1S/C14H12BrN3O/c1-3-13(19)18-11-6-4-5-10(7-11)14-12(15)8-16-9(2)17-14/h3-8H,1H2,2H3,(H,18,19). The quantitative estimate of drug-likeness (QED) is 0.883. The van der Waals surface area contributed by atoms with E-state index in [4.69, 9.17) is 0 Å². The number of carbonyl (C=O) groups excluding carboxylic acids is 1. The summed E-state index contributed by atoms with van der Waals surface area (Å²) in [6.45, 7) is 5.26. The normalized spacial score (nSPS) is 10.0. The van der Waals surface area contributed by atoms with E-state index in [9.17, 15) is 4.79 Å². The first kappa shape index (κ1) is 13.4. The molecular weight excluding hydrogens is 306 g/mol. The highest BCUT2D eigenvalue weighted by Crippen LogP contribution is 2.27. The third kappa shape index (κ3) is 3.26. The summed E-state index contributed by atoms with van der Waals surface area (Å²) in [6.07, 6.45) is 2.95. The summed E-state index contributed by atoms with van der Waals surface area (Å²) >= 11 is 3.43. The van der Waals surface area contributed by atoms with Gasteiger partial charge in [0.1, 0.15) is 5.82 Å².